The van der Waals surface area contributed by atoms with Crippen LogP contribution in [-0.2, 0) is 6.42 Å². The van der Waals surface area contributed by atoms with Crippen LogP contribution >= 0.6 is 11.8 Å². The first-order valence-corrected chi connectivity index (χ1v) is 8.41. The number of nitrogens with one attached hydrogen (secondary N) is 1. The summed E-state index contributed by atoms with van der Waals surface area (Å²) in [6.07, 6.45) is 1.14. The van der Waals surface area contributed by atoms with Crippen molar-refractivity contribution in [3.8, 4) is 0 Å². The number of hydrogen-bond donors (Lipinski definition) is 1. The summed E-state index contributed by atoms with van der Waals surface area (Å²) in [4.78, 5) is 0. The van der Waals surface area contributed by atoms with Gasteiger partial charge < -0.3 is 5.32 Å². The Bertz CT molecular complexity index is 375. The third-order valence-corrected chi connectivity index (χ3v) is 5.01. The Morgan fingerprint density at radius 1 is 1.05 bits per heavy atom. The maximum atomic E-state index is 3.47. The lowest BCUT2D eigenvalue weighted by Gasteiger charge is -2.20. The Morgan fingerprint density at radius 3 is 2.11 bits per heavy atom. The quantitative estimate of drug-likeness (QED) is 0.805. The first-order chi connectivity index (χ1) is 8.93. The number of likely N-dealkylation sites (N-methyl/N-ethyl adjacent to an activating group) is 1. The van der Waals surface area contributed by atoms with Gasteiger partial charge in [-0.1, -0.05) is 31.5 Å². The third-order valence-electron chi connectivity index (χ3n) is 3.47. The van der Waals surface area contributed by atoms with Crippen LogP contribution in [0.5, 0.6) is 0 Å². The smallest absolute Gasteiger partial charge is 0.0195 e. The van der Waals surface area contributed by atoms with Crippen LogP contribution in [0.15, 0.2) is 12.1 Å². The molecule has 1 nitrogen and oxygen atoms in total. The van der Waals surface area contributed by atoms with Gasteiger partial charge in [-0.2, -0.15) is 11.8 Å². The highest BCUT2D eigenvalue weighted by Gasteiger charge is 2.12. The highest BCUT2D eigenvalue weighted by molar-refractivity contribution is 7.99. The molecule has 0 spiro atoms. The molecular formula is C17H29NS. The molecule has 0 amide bonds. The monoisotopic (exact) mass is 279 g/mol. The third kappa shape index (κ3) is 5.58. The Balaban J connectivity index is 2.65. The van der Waals surface area contributed by atoms with E-state index in [4.69, 9.17) is 0 Å². The standard InChI is InChI=1S/C17H29NS/c1-12(2)10-19-11-16(18-6)9-17-14(4)7-13(3)8-15(17)5/h7-8,12,16,18H,9-11H2,1-6H3. The fraction of sp³-hybridized carbons (Fsp3) is 0.647. The Morgan fingerprint density at radius 2 is 1.63 bits per heavy atom. The molecule has 0 fully saturated rings. The van der Waals surface area contributed by atoms with Crippen molar-refractivity contribution in [3.05, 3.63) is 34.4 Å². The molecule has 19 heavy (non-hydrogen) atoms. The van der Waals surface area contributed by atoms with Gasteiger partial charge >= 0.3 is 0 Å². The maximum absolute atomic E-state index is 3.47. The minimum atomic E-state index is 0.573. The van der Waals surface area contributed by atoms with E-state index in [0.29, 0.717) is 6.04 Å². The minimum absolute atomic E-state index is 0.573. The van der Waals surface area contributed by atoms with E-state index in [1.807, 2.05) is 0 Å². The second-order valence-electron chi connectivity index (χ2n) is 6.00. The van der Waals surface area contributed by atoms with E-state index in [1.54, 1.807) is 0 Å². The fourth-order valence-corrected chi connectivity index (χ4v) is 3.65. The van der Waals surface area contributed by atoms with Crippen LogP contribution in [0.1, 0.15) is 36.1 Å². The molecule has 0 saturated carbocycles. The average Bonchev–Trinajstić information content (AvgIpc) is 2.30. The van der Waals surface area contributed by atoms with Crippen molar-refractivity contribution in [1.82, 2.24) is 5.32 Å². The van der Waals surface area contributed by atoms with Gasteiger partial charge in [0.05, 0.1) is 0 Å². The van der Waals surface area contributed by atoms with Gasteiger partial charge in [-0.05, 0) is 62.6 Å². The lowest BCUT2D eigenvalue weighted by molar-refractivity contribution is 0.612. The van der Waals surface area contributed by atoms with Gasteiger partial charge in [0.15, 0.2) is 0 Å². The second kappa shape index (κ2) is 7.96. The van der Waals surface area contributed by atoms with Gasteiger partial charge in [-0.3, -0.25) is 0 Å². The van der Waals surface area contributed by atoms with Gasteiger partial charge in [-0.25, -0.2) is 0 Å². The minimum Gasteiger partial charge on any atom is -0.316 e. The van der Waals surface area contributed by atoms with Gasteiger partial charge in [0.25, 0.3) is 0 Å². The van der Waals surface area contributed by atoms with Crippen LogP contribution in [-0.4, -0.2) is 24.6 Å². The molecule has 0 aliphatic carbocycles. The molecule has 1 rings (SSSR count). The highest BCUT2D eigenvalue weighted by atomic mass is 32.2. The van der Waals surface area contributed by atoms with Crippen molar-refractivity contribution in [2.75, 3.05) is 18.6 Å². The summed E-state index contributed by atoms with van der Waals surface area (Å²) in [7, 11) is 2.08. The lowest BCUT2D eigenvalue weighted by Crippen LogP contribution is -2.31. The van der Waals surface area contributed by atoms with Crippen LogP contribution in [0.25, 0.3) is 0 Å². The molecule has 0 bridgehead atoms. The molecule has 1 N–H and O–H groups in total. The van der Waals surface area contributed by atoms with Crippen molar-refractivity contribution in [2.24, 2.45) is 5.92 Å². The Kier molecular flexibility index (Phi) is 6.95. The zero-order valence-corrected chi connectivity index (χ0v) is 14.2. The molecule has 0 aromatic heterocycles. The van der Waals surface area contributed by atoms with E-state index < -0.39 is 0 Å². The van der Waals surface area contributed by atoms with Crippen molar-refractivity contribution in [3.63, 3.8) is 0 Å². The number of benzene rings is 1. The van der Waals surface area contributed by atoms with Crippen LogP contribution < -0.4 is 5.32 Å². The molecule has 0 radical (unpaired) electrons. The second-order valence-corrected chi connectivity index (χ2v) is 7.07. The topological polar surface area (TPSA) is 12.0 Å². The largest absolute Gasteiger partial charge is 0.316 e. The summed E-state index contributed by atoms with van der Waals surface area (Å²) in [5.74, 6) is 3.23. The summed E-state index contributed by atoms with van der Waals surface area (Å²) >= 11 is 2.07. The summed E-state index contributed by atoms with van der Waals surface area (Å²) in [5.41, 5.74) is 5.77. The number of thioether (sulfide) groups is 1. The van der Waals surface area contributed by atoms with E-state index >= 15 is 0 Å². The molecule has 2 heteroatoms. The van der Waals surface area contributed by atoms with Crippen LogP contribution in [0.3, 0.4) is 0 Å². The SMILES string of the molecule is CNC(CSCC(C)C)Cc1c(C)cc(C)cc1C. The van der Waals surface area contributed by atoms with E-state index in [0.717, 1.165) is 12.3 Å². The van der Waals surface area contributed by atoms with Crippen LogP contribution in [0.4, 0.5) is 0 Å². The summed E-state index contributed by atoms with van der Waals surface area (Å²) in [6, 6.07) is 5.18. The number of hydrogen-bond acceptors (Lipinski definition) is 2. The van der Waals surface area contributed by atoms with E-state index in [1.165, 1.54) is 33.8 Å². The first kappa shape index (κ1) is 16.6. The lowest BCUT2D eigenvalue weighted by atomic mass is 9.95. The summed E-state index contributed by atoms with van der Waals surface area (Å²) in [5, 5.41) is 3.47. The molecule has 1 unspecified atom stereocenters. The van der Waals surface area contributed by atoms with Crippen LogP contribution in [0, 0.1) is 26.7 Å². The fourth-order valence-electron chi connectivity index (χ4n) is 2.47. The zero-order valence-electron chi connectivity index (χ0n) is 13.3. The Labute approximate surface area is 123 Å². The predicted molar refractivity (Wildman–Crippen MR) is 89.4 cm³/mol. The van der Waals surface area contributed by atoms with E-state index in [2.05, 4.69) is 70.9 Å². The van der Waals surface area contributed by atoms with Gasteiger partial charge in [0.2, 0.25) is 0 Å². The van der Waals surface area contributed by atoms with E-state index in [9.17, 15) is 0 Å². The molecule has 108 valence electrons. The van der Waals surface area contributed by atoms with Gasteiger partial charge in [-0.15, -0.1) is 0 Å². The van der Waals surface area contributed by atoms with Crippen molar-refractivity contribution < 1.29 is 0 Å². The molecule has 0 aliphatic heterocycles. The molecule has 0 heterocycles. The van der Waals surface area contributed by atoms with Gasteiger partial charge in [0, 0.05) is 11.8 Å². The zero-order chi connectivity index (χ0) is 14.4. The molecule has 1 aromatic carbocycles. The average molecular weight is 279 g/mol. The number of rotatable bonds is 7. The Hall–Kier alpha value is -0.470. The van der Waals surface area contributed by atoms with E-state index in [-0.39, 0.29) is 0 Å². The molecule has 1 aromatic rings. The molecule has 1 atom stereocenters. The van der Waals surface area contributed by atoms with Crippen molar-refractivity contribution in [2.45, 2.75) is 47.1 Å². The summed E-state index contributed by atoms with van der Waals surface area (Å²) < 4.78 is 0. The van der Waals surface area contributed by atoms with Gasteiger partial charge in [0.1, 0.15) is 0 Å². The van der Waals surface area contributed by atoms with Crippen molar-refractivity contribution >= 4 is 11.8 Å². The highest BCUT2D eigenvalue weighted by Crippen LogP contribution is 2.19. The predicted octanol–water partition coefficient (Wildman–Crippen LogP) is 4.13. The molecule has 0 aliphatic rings. The maximum Gasteiger partial charge on any atom is 0.0195 e. The molecular weight excluding hydrogens is 250 g/mol. The normalized spacial score (nSPS) is 13.0. The number of aryl methyl sites for hydroxylation is 3. The van der Waals surface area contributed by atoms with Crippen molar-refractivity contribution in [1.29, 1.82) is 0 Å². The first-order valence-electron chi connectivity index (χ1n) is 7.25. The van der Waals surface area contributed by atoms with Crippen LogP contribution in [0.2, 0.25) is 0 Å². The molecule has 0 saturated heterocycles. The summed E-state index contributed by atoms with van der Waals surface area (Å²) in [6.45, 7) is 11.2.